The van der Waals surface area contributed by atoms with Crippen molar-refractivity contribution in [3.63, 3.8) is 0 Å². The molecule has 3 heterocycles. The van der Waals surface area contributed by atoms with Gasteiger partial charge in [0.25, 0.3) is 5.56 Å². The van der Waals surface area contributed by atoms with Gasteiger partial charge in [0.05, 0.1) is 18.1 Å². The number of aromatic amines is 1. The number of aromatic nitrogens is 3. The lowest BCUT2D eigenvalue weighted by Gasteiger charge is -2.15. The molecule has 1 fully saturated rings. The maximum absolute atomic E-state index is 12.4. The zero-order valence-corrected chi connectivity index (χ0v) is 15.6. The van der Waals surface area contributed by atoms with Crippen LogP contribution < -0.4 is 10.9 Å². The normalized spacial score (nSPS) is 24.2. The Morgan fingerprint density at radius 3 is 2.96 bits per heavy atom. The highest BCUT2D eigenvalue weighted by atomic mass is 127. The van der Waals surface area contributed by atoms with Crippen LogP contribution in [0.25, 0.3) is 11.0 Å². The highest BCUT2D eigenvalue weighted by molar-refractivity contribution is 14.1. The lowest BCUT2D eigenvalue weighted by Crippen LogP contribution is -2.24. The maximum Gasteiger partial charge on any atom is 0.262 e. The van der Waals surface area contributed by atoms with Crippen molar-refractivity contribution in [1.82, 2.24) is 14.5 Å². The molecule has 24 heavy (non-hydrogen) atoms. The van der Waals surface area contributed by atoms with Gasteiger partial charge in [0.1, 0.15) is 12.3 Å². The van der Waals surface area contributed by atoms with Gasteiger partial charge in [-0.15, -0.1) is 0 Å². The predicted octanol–water partition coefficient (Wildman–Crippen LogP) is 1.04. The van der Waals surface area contributed by atoms with Gasteiger partial charge in [-0.1, -0.05) is 13.8 Å². The Morgan fingerprint density at radius 1 is 1.58 bits per heavy atom. The van der Waals surface area contributed by atoms with Gasteiger partial charge in [-0.3, -0.25) is 9.78 Å². The first-order valence-electron chi connectivity index (χ1n) is 7.89. The first-order chi connectivity index (χ1) is 11.4. The number of anilines is 1. The second kappa shape index (κ2) is 6.98. The maximum atomic E-state index is 12.4. The molecule has 0 bridgehead atoms. The third kappa shape index (κ3) is 3.30. The molecule has 3 atom stereocenters. The highest BCUT2D eigenvalue weighted by Crippen LogP contribution is 2.32. The van der Waals surface area contributed by atoms with Gasteiger partial charge in [0, 0.05) is 22.7 Å². The summed E-state index contributed by atoms with van der Waals surface area (Å²) < 4.78 is 8.21. The Morgan fingerprint density at radius 2 is 2.33 bits per heavy atom. The summed E-state index contributed by atoms with van der Waals surface area (Å²) in [6, 6.07) is 0. The molecule has 132 valence electrons. The van der Waals surface area contributed by atoms with Crippen molar-refractivity contribution in [3.8, 4) is 0 Å². The van der Waals surface area contributed by atoms with E-state index < -0.39 is 18.4 Å². The largest absolute Gasteiger partial charge is 0.394 e. The number of aliphatic hydroxyl groups is 2. The Labute approximate surface area is 152 Å². The molecule has 0 amide bonds. The Bertz CT molecular complexity index is 788. The molecule has 9 heteroatoms. The summed E-state index contributed by atoms with van der Waals surface area (Å²) >= 11 is 2.09. The predicted molar refractivity (Wildman–Crippen MR) is 98.0 cm³/mol. The van der Waals surface area contributed by atoms with Crippen LogP contribution in [0.5, 0.6) is 0 Å². The van der Waals surface area contributed by atoms with E-state index in [0.29, 0.717) is 35.9 Å². The minimum Gasteiger partial charge on any atom is -0.394 e. The van der Waals surface area contributed by atoms with Crippen molar-refractivity contribution in [3.05, 3.63) is 20.1 Å². The molecule has 2 aromatic heterocycles. The van der Waals surface area contributed by atoms with Gasteiger partial charge in [-0.2, -0.15) is 4.98 Å². The van der Waals surface area contributed by atoms with Crippen LogP contribution >= 0.6 is 22.6 Å². The molecule has 0 unspecified atom stereocenters. The number of fused-ring (bicyclic) bond motifs is 1. The first kappa shape index (κ1) is 17.6. The van der Waals surface area contributed by atoms with Crippen LogP contribution in [0.4, 0.5) is 5.95 Å². The summed E-state index contributed by atoms with van der Waals surface area (Å²) in [7, 11) is 0. The van der Waals surface area contributed by atoms with E-state index in [4.69, 9.17) is 4.74 Å². The van der Waals surface area contributed by atoms with Crippen LogP contribution in [-0.2, 0) is 4.74 Å². The molecule has 8 nitrogen and oxygen atoms in total. The van der Waals surface area contributed by atoms with E-state index in [-0.39, 0.29) is 12.2 Å². The standard InChI is InChI=1S/C15H21IN4O4/c1-7(2)4-17-15-18-13-12(14(23)19-15)8(16)5-20(13)11-3-9(22)10(6-21)24-11/h5,7,9-11,21-22H,3-4,6H2,1-2H3,(H2,17,18,19,23)/t9-,10+,11+/m0/s1. The van der Waals surface area contributed by atoms with Crippen LogP contribution in [0.3, 0.4) is 0 Å². The zero-order valence-electron chi connectivity index (χ0n) is 13.5. The molecule has 3 rings (SSSR count). The van der Waals surface area contributed by atoms with E-state index in [1.165, 1.54) is 0 Å². The average Bonchev–Trinajstić information content (AvgIpc) is 3.05. The quantitative estimate of drug-likeness (QED) is 0.509. The molecular formula is C15H21IN4O4. The Hall–Kier alpha value is -1.17. The zero-order chi connectivity index (χ0) is 17.4. The minimum atomic E-state index is -0.740. The van der Waals surface area contributed by atoms with Crippen LogP contribution in [0.2, 0.25) is 0 Å². The fourth-order valence-electron chi connectivity index (χ4n) is 2.77. The van der Waals surface area contributed by atoms with E-state index in [1.54, 1.807) is 10.8 Å². The summed E-state index contributed by atoms with van der Waals surface area (Å²) in [6.07, 6.45) is 0.308. The summed E-state index contributed by atoms with van der Waals surface area (Å²) in [5.74, 6) is 0.825. The molecule has 0 spiro atoms. The number of nitrogens with one attached hydrogen (secondary N) is 2. The van der Waals surface area contributed by atoms with Crippen LogP contribution in [0, 0.1) is 9.49 Å². The SMILES string of the molecule is CC(C)CNc1nc2c(c(I)cn2[C@H]2C[C@H](O)[C@@H](CO)O2)c(=O)[nH]1. The topological polar surface area (TPSA) is 112 Å². The summed E-state index contributed by atoms with van der Waals surface area (Å²) in [4.78, 5) is 19.7. The second-order valence-electron chi connectivity index (χ2n) is 6.39. The molecule has 2 aromatic rings. The van der Waals surface area contributed by atoms with Gasteiger partial charge in [0.15, 0.2) is 5.65 Å². The van der Waals surface area contributed by atoms with Gasteiger partial charge < -0.3 is 24.8 Å². The number of aliphatic hydroxyl groups excluding tert-OH is 2. The van der Waals surface area contributed by atoms with Gasteiger partial charge in [0.2, 0.25) is 5.95 Å². The van der Waals surface area contributed by atoms with Gasteiger partial charge in [-0.25, -0.2) is 0 Å². The van der Waals surface area contributed by atoms with Crippen molar-refractivity contribution in [2.45, 2.75) is 38.7 Å². The lowest BCUT2D eigenvalue weighted by molar-refractivity contribution is -0.0430. The highest BCUT2D eigenvalue weighted by Gasteiger charge is 2.35. The average molecular weight is 448 g/mol. The number of hydrogen-bond donors (Lipinski definition) is 4. The molecule has 0 aliphatic carbocycles. The van der Waals surface area contributed by atoms with E-state index >= 15 is 0 Å². The van der Waals surface area contributed by atoms with Crippen LogP contribution in [0.15, 0.2) is 11.0 Å². The molecule has 1 saturated heterocycles. The lowest BCUT2D eigenvalue weighted by atomic mass is 10.2. The number of hydrogen-bond acceptors (Lipinski definition) is 6. The third-order valence-electron chi connectivity index (χ3n) is 4.01. The third-order valence-corrected chi connectivity index (χ3v) is 4.83. The minimum absolute atomic E-state index is 0.216. The van der Waals surface area contributed by atoms with Crippen molar-refractivity contribution in [1.29, 1.82) is 0 Å². The molecule has 0 radical (unpaired) electrons. The molecule has 0 saturated carbocycles. The number of ether oxygens (including phenoxy) is 1. The number of H-pyrrole nitrogens is 1. The van der Waals surface area contributed by atoms with E-state index in [1.807, 2.05) is 0 Å². The van der Waals surface area contributed by atoms with E-state index in [2.05, 4.69) is 51.7 Å². The second-order valence-corrected chi connectivity index (χ2v) is 7.55. The van der Waals surface area contributed by atoms with E-state index in [0.717, 1.165) is 3.57 Å². The summed E-state index contributed by atoms with van der Waals surface area (Å²) in [6.45, 7) is 4.58. The van der Waals surface area contributed by atoms with Gasteiger partial charge in [-0.05, 0) is 28.5 Å². The van der Waals surface area contributed by atoms with Crippen molar-refractivity contribution in [2.24, 2.45) is 5.92 Å². The Kier molecular flexibility index (Phi) is 5.13. The van der Waals surface area contributed by atoms with Crippen molar-refractivity contribution < 1.29 is 14.9 Å². The first-order valence-corrected chi connectivity index (χ1v) is 8.97. The molecular weight excluding hydrogens is 427 g/mol. The number of rotatable bonds is 5. The fourth-order valence-corrected chi connectivity index (χ4v) is 3.55. The Balaban J connectivity index is 2.01. The number of nitrogens with zero attached hydrogens (tertiary/aromatic N) is 2. The molecule has 4 N–H and O–H groups in total. The smallest absolute Gasteiger partial charge is 0.262 e. The molecule has 1 aliphatic rings. The summed E-state index contributed by atoms with van der Waals surface area (Å²) in [5, 5.41) is 22.8. The van der Waals surface area contributed by atoms with Gasteiger partial charge >= 0.3 is 0 Å². The monoisotopic (exact) mass is 448 g/mol. The summed E-state index contributed by atoms with van der Waals surface area (Å²) in [5.41, 5.74) is 0.289. The molecule has 1 aliphatic heterocycles. The van der Waals surface area contributed by atoms with Crippen molar-refractivity contribution >= 4 is 39.6 Å². The molecule has 0 aromatic carbocycles. The fraction of sp³-hybridized carbons (Fsp3) is 0.600. The number of halogens is 1. The van der Waals surface area contributed by atoms with E-state index in [9.17, 15) is 15.0 Å². The van der Waals surface area contributed by atoms with Crippen LogP contribution in [-0.4, -0.2) is 50.1 Å². The van der Waals surface area contributed by atoms with Crippen LogP contribution in [0.1, 0.15) is 26.5 Å². The van der Waals surface area contributed by atoms with Crippen molar-refractivity contribution in [2.75, 3.05) is 18.5 Å².